The maximum Gasteiger partial charge on any atom is 3.00 e. The Bertz CT molecular complexity index is 310. The van der Waals surface area contributed by atoms with Crippen LogP contribution in [0.3, 0.4) is 0 Å². The van der Waals surface area contributed by atoms with Crippen LogP contribution in [0.2, 0.25) is 0 Å². The average Bonchev–Trinajstić information content (AvgIpc) is 2.21. The molecule has 0 heterocycles. The van der Waals surface area contributed by atoms with E-state index in [1.54, 1.807) is 0 Å². The third-order valence-corrected chi connectivity index (χ3v) is 2.16. The molecule has 0 saturated carbocycles. The van der Waals surface area contributed by atoms with E-state index in [0.717, 1.165) is 0 Å². The Hall–Kier alpha value is -0.677. The molecule has 0 bridgehead atoms. The van der Waals surface area contributed by atoms with Crippen LogP contribution in [-0.4, -0.2) is 0 Å². The van der Waals surface area contributed by atoms with Crippen molar-refractivity contribution < 1.29 is 19.5 Å². The summed E-state index contributed by atoms with van der Waals surface area (Å²) in [5, 5.41) is 0. The molecule has 103 valence electrons. The normalized spacial score (nSPS) is 10.9. The minimum atomic E-state index is 0. The van der Waals surface area contributed by atoms with Crippen LogP contribution in [0.15, 0.2) is 54.1 Å². The second kappa shape index (κ2) is 16.3. The maximum atomic E-state index is 2.20. The van der Waals surface area contributed by atoms with Gasteiger partial charge in [0, 0.05) is 0 Å². The smallest absolute Gasteiger partial charge is 0.358 e. The minimum Gasteiger partial charge on any atom is -0.358 e. The number of allylic oxidation sites excluding steroid dienone is 4. The summed E-state index contributed by atoms with van der Waals surface area (Å²) in [6, 6.07) is 10.3. The summed E-state index contributed by atoms with van der Waals surface area (Å²) >= 11 is 0. The molecule has 1 radical (unpaired) electrons. The quantitative estimate of drug-likeness (QED) is 0.427. The summed E-state index contributed by atoms with van der Waals surface area (Å²) in [6.45, 7) is 4.25. The molecule has 0 fully saturated rings. The second-order valence-corrected chi connectivity index (χ2v) is 3.63. The third kappa shape index (κ3) is 13.4. The molecular formula is C17H27Ru. The van der Waals surface area contributed by atoms with Crippen LogP contribution >= 0.6 is 0 Å². The zero-order chi connectivity index (χ0) is 10.2. The summed E-state index contributed by atoms with van der Waals surface area (Å²) < 4.78 is 0. The van der Waals surface area contributed by atoms with E-state index < -0.39 is 0 Å². The molecule has 0 N–H and O–H groups in total. The molecule has 1 aromatic carbocycles. The van der Waals surface area contributed by atoms with Gasteiger partial charge < -0.3 is 22.3 Å². The van der Waals surface area contributed by atoms with Crippen LogP contribution in [0, 0.1) is 29.2 Å². The van der Waals surface area contributed by atoms with Gasteiger partial charge in [0.2, 0.25) is 0 Å². The van der Waals surface area contributed by atoms with Crippen molar-refractivity contribution in [1.29, 1.82) is 0 Å². The largest absolute Gasteiger partial charge is 3.00 e. The van der Waals surface area contributed by atoms with Gasteiger partial charge in [-0.25, -0.2) is 0 Å². The average molecular weight is 332 g/mol. The van der Waals surface area contributed by atoms with Gasteiger partial charge in [-0.2, -0.15) is 0 Å². The number of hydrogen-bond acceptors (Lipinski definition) is 0. The molecule has 0 unspecified atom stereocenters. The van der Waals surface area contributed by atoms with Crippen LogP contribution in [0.25, 0.3) is 0 Å². The van der Waals surface area contributed by atoms with E-state index in [1.807, 2.05) is 18.2 Å². The van der Waals surface area contributed by atoms with Crippen molar-refractivity contribution in [2.45, 2.75) is 26.7 Å². The van der Waals surface area contributed by atoms with E-state index in [2.05, 4.69) is 44.2 Å². The first kappa shape index (κ1) is 26.0. The van der Waals surface area contributed by atoms with Crippen molar-refractivity contribution in [2.75, 3.05) is 0 Å². The van der Waals surface area contributed by atoms with E-state index in [0.29, 0.717) is 0 Å². The van der Waals surface area contributed by atoms with Crippen LogP contribution < -0.4 is 0 Å². The molecule has 0 saturated heterocycles. The van der Waals surface area contributed by atoms with Crippen molar-refractivity contribution in [2.24, 2.45) is 0 Å². The fourth-order valence-electron chi connectivity index (χ4n) is 1.26. The molecule has 0 aliphatic heterocycles. The van der Waals surface area contributed by atoms with Crippen molar-refractivity contribution >= 4 is 0 Å². The number of hydrogen-bond donors (Lipinski definition) is 0. The van der Waals surface area contributed by atoms with Gasteiger partial charge in [-0.05, 0) is 26.7 Å². The zero-order valence-corrected chi connectivity index (χ0v) is 14.1. The standard InChI is InChI=1S/C7H10.C7H8.3CH3.Ru/c2*1-7-5-3-2-4-6-7;;;;/h2-3,5H,4,6H2,1H3;2-6H,1H3;3*1H3;/q;;3*-1;+3. The summed E-state index contributed by atoms with van der Waals surface area (Å²) in [5.41, 5.74) is 2.82. The number of rotatable bonds is 0. The predicted molar refractivity (Wildman–Crippen MR) is 82.6 cm³/mol. The topological polar surface area (TPSA) is 0 Å². The van der Waals surface area contributed by atoms with Crippen molar-refractivity contribution in [1.82, 2.24) is 0 Å². The summed E-state index contributed by atoms with van der Waals surface area (Å²) in [7, 11) is 0. The van der Waals surface area contributed by atoms with Gasteiger partial charge in [0.05, 0.1) is 0 Å². The predicted octanol–water partition coefficient (Wildman–Crippen LogP) is 5.63. The van der Waals surface area contributed by atoms with Gasteiger partial charge in [0.15, 0.2) is 0 Å². The van der Waals surface area contributed by atoms with E-state index in [4.69, 9.17) is 0 Å². The number of aryl methyl sites for hydroxylation is 1. The Morgan fingerprint density at radius 3 is 1.67 bits per heavy atom. The van der Waals surface area contributed by atoms with Gasteiger partial charge in [-0.3, -0.25) is 0 Å². The maximum absolute atomic E-state index is 2.20. The molecule has 1 aromatic rings. The minimum absolute atomic E-state index is 0. The van der Waals surface area contributed by atoms with Crippen LogP contribution in [0.5, 0.6) is 0 Å². The third-order valence-electron chi connectivity index (χ3n) is 2.16. The first-order valence-corrected chi connectivity index (χ1v) is 5.13. The molecule has 0 amide bonds. The molecule has 1 aliphatic rings. The SMILES string of the molecule is CC1=CC=CCC1.Cc1ccccc1.[CH3-].[CH3-].[CH3-].[Ru+3]. The van der Waals surface area contributed by atoms with Crippen LogP contribution in [-0.2, 0) is 19.5 Å². The first-order chi connectivity index (χ1) is 6.79. The van der Waals surface area contributed by atoms with Crippen LogP contribution in [0.4, 0.5) is 0 Å². The Balaban J connectivity index is -0.0000000891. The molecule has 1 aliphatic carbocycles. The Morgan fingerprint density at radius 2 is 1.44 bits per heavy atom. The first-order valence-electron chi connectivity index (χ1n) is 5.13. The fraction of sp³-hybridized carbons (Fsp3) is 0.235. The molecular weight excluding hydrogens is 305 g/mol. The van der Waals surface area contributed by atoms with E-state index >= 15 is 0 Å². The van der Waals surface area contributed by atoms with Crippen molar-refractivity contribution in [3.05, 3.63) is 82.0 Å². The summed E-state index contributed by atoms with van der Waals surface area (Å²) in [4.78, 5) is 0. The Morgan fingerprint density at radius 1 is 0.889 bits per heavy atom. The molecule has 0 aromatic heterocycles. The summed E-state index contributed by atoms with van der Waals surface area (Å²) in [5.74, 6) is 0. The summed E-state index contributed by atoms with van der Waals surface area (Å²) in [6.07, 6.45) is 8.99. The monoisotopic (exact) mass is 333 g/mol. The van der Waals surface area contributed by atoms with Crippen molar-refractivity contribution in [3.8, 4) is 0 Å². The number of benzene rings is 1. The van der Waals surface area contributed by atoms with E-state index in [1.165, 1.54) is 24.0 Å². The molecule has 18 heavy (non-hydrogen) atoms. The van der Waals surface area contributed by atoms with Gasteiger partial charge in [-0.1, -0.05) is 59.7 Å². The second-order valence-electron chi connectivity index (χ2n) is 3.63. The Kier molecular flexibility index (Phi) is 23.6. The molecule has 0 spiro atoms. The van der Waals surface area contributed by atoms with Crippen LogP contribution in [0.1, 0.15) is 25.3 Å². The van der Waals surface area contributed by atoms with Gasteiger partial charge in [0.1, 0.15) is 0 Å². The van der Waals surface area contributed by atoms with Gasteiger partial charge in [-0.15, -0.1) is 0 Å². The Labute approximate surface area is 128 Å². The van der Waals surface area contributed by atoms with Gasteiger partial charge in [0.25, 0.3) is 0 Å². The molecule has 2 rings (SSSR count). The fourth-order valence-corrected chi connectivity index (χ4v) is 1.26. The molecule has 0 atom stereocenters. The van der Waals surface area contributed by atoms with E-state index in [9.17, 15) is 0 Å². The molecule has 0 nitrogen and oxygen atoms in total. The zero-order valence-electron chi connectivity index (χ0n) is 12.4. The van der Waals surface area contributed by atoms with Gasteiger partial charge >= 0.3 is 19.5 Å². The molecule has 1 heteroatoms. The van der Waals surface area contributed by atoms with E-state index in [-0.39, 0.29) is 41.8 Å². The van der Waals surface area contributed by atoms with Crippen molar-refractivity contribution in [3.63, 3.8) is 0 Å².